The highest BCUT2D eigenvalue weighted by atomic mass is 79.9. The maximum Gasteiger partial charge on any atom is 0.338 e. The van der Waals surface area contributed by atoms with E-state index in [0.717, 1.165) is 41.8 Å². The first-order valence-electron chi connectivity index (χ1n) is 10.0. The number of pyridine rings is 1. The second-order valence-electron chi connectivity index (χ2n) is 7.00. The van der Waals surface area contributed by atoms with E-state index < -0.39 is 0 Å². The molecule has 0 aliphatic carbocycles. The molecule has 0 radical (unpaired) electrons. The number of anilines is 1. The number of nitrogens with one attached hydrogen (secondary N) is 1. The number of hydrogen-bond acceptors (Lipinski definition) is 5. The summed E-state index contributed by atoms with van der Waals surface area (Å²) in [6, 6.07) is 9.11. The van der Waals surface area contributed by atoms with Crippen molar-refractivity contribution in [3.63, 3.8) is 0 Å². The van der Waals surface area contributed by atoms with Gasteiger partial charge in [-0.1, -0.05) is 12.1 Å². The molecule has 1 aliphatic rings. The molecule has 6 nitrogen and oxygen atoms in total. The Hall–Kier alpha value is -2.41. The highest BCUT2D eigenvalue weighted by Gasteiger charge is 2.20. The number of halogens is 1. The van der Waals surface area contributed by atoms with Crippen LogP contribution < -0.4 is 10.2 Å². The van der Waals surface area contributed by atoms with Crippen LogP contribution in [0.3, 0.4) is 0 Å². The average molecular weight is 460 g/mol. The van der Waals surface area contributed by atoms with Gasteiger partial charge in [-0.15, -0.1) is 0 Å². The first kappa shape index (κ1) is 21.3. The van der Waals surface area contributed by atoms with Gasteiger partial charge in [-0.25, -0.2) is 9.78 Å². The van der Waals surface area contributed by atoms with E-state index in [1.165, 1.54) is 6.42 Å². The molecule has 3 rings (SSSR count). The van der Waals surface area contributed by atoms with Crippen molar-refractivity contribution in [2.24, 2.45) is 0 Å². The molecule has 1 aliphatic heterocycles. The molecule has 7 heteroatoms. The number of amides is 1. The lowest BCUT2D eigenvalue weighted by Crippen LogP contribution is -2.34. The van der Waals surface area contributed by atoms with Crippen LogP contribution in [0.2, 0.25) is 0 Å². The molecule has 2 aromatic rings. The number of aromatic nitrogens is 1. The second kappa shape index (κ2) is 10.4. The summed E-state index contributed by atoms with van der Waals surface area (Å²) in [6.45, 7) is 4.51. The van der Waals surface area contributed by atoms with Crippen LogP contribution in [0.15, 0.2) is 41.0 Å². The third kappa shape index (κ3) is 5.79. The van der Waals surface area contributed by atoms with Crippen LogP contribution in [-0.4, -0.2) is 43.1 Å². The van der Waals surface area contributed by atoms with Gasteiger partial charge in [0, 0.05) is 30.3 Å². The molecular formula is C22H26BrN3O3. The minimum Gasteiger partial charge on any atom is -0.462 e. The Morgan fingerprint density at radius 2 is 1.90 bits per heavy atom. The van der Waals surface area contributed by atoms with Gasteiger partial charge in [0.2, 0.25) is 0 Å². The lowest BCUT2D eigenvalue weighted by Gasteiger charge is -2.29. The molecule has 1 amide bonds. The van der Waals surface area contributed by atoms with Gasteiger partial charge in [-0.3, -0.25) is 4.79 Å². The molecular weight excluding hydrogens is 434 g/mol. The highest BCUT2D eigenvalue weighted by molar-refractivity contribution is 9.10. The predicted molar refractivity (Wildman–Crippen MR) is 116 cm³/mol. The zero-order valence-corrected chi connectivity index (χ0v) is 18.2. The average Bonchev–Trinajstić information content (AvgIpc) is 2.75. The number of carbonyl (C=O) groups excluding carboxylic acids is 2. The molecule has 1 N–H and O–H groups in total. The topological polar surface area (TPSA) is 71.5 Å². The molecule has 0 bridgehead atoms. The first-order chi connectivity index (χ1) is 14.1. The molecule has 2 heterocycles. The largest absolute Gasteiger partial charge is 0.462 e. The van der Waals surface area contributed by atoms with Gasteiger partial charge in [0.1, 0.15) is 5.82 Å². The van der Waals surface area contributed by atoms with Gasteiger partial charge >= 0.3 is 5.97 Å². The Kier molecular flexibility index (Phi) is 7.63. The molecule has 1 aromatic carbocycles. The zero-order chi connectivity index (χ0) is 20.6. The molecule has 0 saturated carbocycles. The Balaban J connectivity index is 1.59. The highest BCUT2D eigenvalue weighted by Crippen LogP contribution is 2.24. The number of nitrogens with zero attached hydrogens (tertiary/aromatic N) is 2. The number of esters is 1. The van der Waals surface area contributed by atoms with E-state index >= 15 is 0 Å². The summed E-state index contributed by atoms with van der Waals surface area (Å²) in [5.41, 5.74) is 2.17. The summed E-state index contributed by atoms with van der Waals surface area (Å²) in [4.78, 5) is 31.2. The fraction of sp³-hybridized carbons (Fsp3) is 0.409. The van der Waals surface area contributed by atoms with Gasteiger partial charge in [-0.05, 0) is 72.3 Å². The van der Waals surface area contributed by atoms with Crippen molar-refractivity contribution in [1.29, 1.82) is 0 Å². The Morgan fingerprint density at radius 3 is 2.59 bits per heavy atom. The lowest BCUT2D eigenvalue weighted by atomic mass is 10.1. The van der Waals surface area contributed by atoms with Gasteiger partial charge in [0.05, 0.1) is 17.7 Å². The van der Waals surface area contributed by atoms with Gasteiger partial charge in [0.25, 0.3) is 5.91 Å². The molecule has 0 unspecified atom stereocenters. The van der Waals surface area contributed by atoms with Crippen molar-refractivity contribution in [2.45, 2.75) is 32.6 Å². The molecule has 1 fully saturated rings. The van der Waals surface area contributed by atoms with Gasteiger partial charge < -0.3 is 15.0 Å². The lowest BCUT2D eigenvalue weighted by molar-refractivity contribution is 0.0526. The van der Waals surface area contributed by atoms with Crippen molar-refractivity contribution in [3.8, 4) is 0 Å². The van der Waals surface area contributed by atoms with Crippen molar-refractivity contribution in [1.82, 2.24) is 10.3 Å². The van der Waals surface area contributed by atoms with Gasteiger partial charge in [-0.2, -0.15) is 0 Å². The first-order valence-corrected chi connectivity index (χ1v) is 10.8. The fourth-order valence-corrected chi connectivity index (χ4v) is 3.73. The maximum atomic E-state index is 12.8. The number of carbonyl (C=O) groups is 2. The number of rotatable bonds is 7. The van der Waals surface area contributed by atoms with Crippen molar-refractivity contribution >= 4 is 33.6 Å². The van der Waals surface area contributed by atoms with Crippen molar-refractivity contribution in [3.05, 3.63) is 57.7 Å². The third-order valence-corrected chi connectivity index (χ3v) is 5.33. The fourth-order valence-electron chi connectivity index (χ4n) is 3.39. The zero-order valence-electron chi connectivity index (χ0n) is 16.6. The van der Waals surface area contributed by atoms with Crippen molar-refractivity contribution in [2.75, 3.05) is 31.1 Å². The smallest absolute Gasteiger partial charge is 0.338 e. The third-order valence-electron chi connectivity index (χ3n) is 4.90. The molecule has 154 valence electrons. The summed E-state index contributed by atoms with van der Waals surface area (Å²) in [5.74, 6) is 0.312. The summed E-state index contributed by atoms with van der Waals surface area (Å²) in [5, 5.41) is 2.99. The molecule has 1 aromatic heterocycles. The molecule has 1 saturated heterocycles. The minimum absolute atomic E-state index is 0.123. The van der Waals surface area contributed by atoms with E-state index in [1.54, 1.807) is 25.3 Å². The Morgan fingerprint density at radius 1 is 1.17 bits per heavy atom. The quantitative estimate of drug-likeness (QED) is 0.633. The van der Waals surface area contributed by atoms with Crippen LogP contribution in [0.1, 0.15) is 52.5 Å². The van der Waals surface area contributed by atoms with Crippen molar-refractivity contribution < 1.29 is 14.3 Å². The van der Waals surface area contributed by atoms with Crippen LogP contribution in [0.5, 0.6) is 0 Å². The maximum absolute atomic E-state index is 12.8. The van der Waals surface area contributed by atoms with Crippen LogP contribution in [0.4, 0.5) is 5.82 Å². The number of piperidine rings is 1. The van der Waals surface area contributed by atoms with E-state index in [1.807, 2.05) is 18.2 Å². The summed E-state index contributed by atoms with van der Waals surface area (Å²) in [7, 11) is 0. The van der Waals surface area contributed by atoms with E-state index in [9.17, 15) is 9.59 Å². The molecule has 0 atom stereocenters. The summed E-state index contributed by atoms with van der Waals surface area (Å²) < 4.78 is 5.78. The van der Waals surface area contributed by atoms with E-state index in [4.69, 9.17) is 4.74 Å². The normalized spacial score (nSPS) is 13.8. The van der Waals surface area contributed by atoms with E-state index in [2.05, 4.69) is 31.1 Å². The number of hydrogen-bond donors (Lipinski definition) is 1. The summed E-state index contributed by atoms with van der Waals surface area (Å²) >= 11 is 3.42. The summed E-state index contributed by atoms with van der Waals surface area (Å²) in [6.07, 6.45) is 5.89. The molecule has 0 spiro atoms. The number of benzene rings is 1. The Labute approximate surface area is 179 Å². The monoisotopic (exact) mass is 459 g/mol. The number of ether oxygens (including phenoxy) is 1. The SMILES string of the molecule is CCOC(=O)c1ccc(CCNC(=O)c2cc(Br)cnc2N2CCCCC2)cc1. The second-order valence-corrected chi connectivity index (χ2v) is 7.91. The Bertz CT molecular complexity index is 849. The molecule has 29 heavy (non-hydrogen) atoms. The predicted octanol–water partition coefficient (Wildman–Crippen LogP) is 3.98. The van der Waals surface area contributed by atoms with Crippen LogP contribution >= 0.6 is 15.9 Å². The van der Waals surface area contributed by atoms with Crippen LogP contribution in [-0.2, 0) is 11.2 Å². The minimum atomic E-state index is -0.320. The van der Waals surface area contributed by atoms with Crippen LogP contribution in [0.25, 0.3) is 0 Å². The standard InChI is InChI=1S/C22H26BrN3O3/c1-2-29-22(28)17-8-6-16(7-9-17)10-11-24-21(27)19-14-18(23)15-25-20(19)26-12-4-3-5-13-26/h6-9,14-15H,2-5,10-13H2,1H3,(H,24,27). The van der Waals surface area contributed by atoms with E-state index in [0.29, 0.717) is 30.7 Å². The van der Waals surface area contributed by atoms with E-state index in [-0.39, 0.29) is 11.9 Å². The van der Waals surface area contributed by atoms with Gasteiger partial charge in [0.15, 0.2) is 0 Å². The van der Waals surface area contributed by atoms with Crippen LogP contribution in [0, 0.1) is 0 Å².